The summed E-state index contributed by atoms with van der Waals surface area (Å²) >= 11 is 1.54. The quantitative estimate of drug-likeness (QED) is 0.554. The molecule has 2 heterocycles. The van der Waals surface area contributed by atoms with Gasteiger partial charge in [0.05, 0.1) is 13.2 Å². The largest absolute Gasteiger partial charge is 0.393 e. The van der Waals surface area contributed by atoms with Gasteiger partial charge in [-0.1, -0.05) is 36.0 Å². The summed E-state index contributed by atoms with van der Waals surface area (Å²) < 4.78 is 0. The summed E-state index contributed by atoms with van der Waals surface area (Å²) in [5, 5.41) is 20.4. The van der Waals surface area contributed by atoms with Gasteiger partial charge in [-0.05, 0) is 30.9 Å². The van der Waals surface area contributed by atoms with Crippen LogP contribution in [0.2, 0.25) is 0 Å². The third-order valence-corrected chi connectivity index (χ3v) is 5.40. The van der Waals surface area contributed by atoms with Crippen LogP contribution in [0.15, 0.2) is 35.5 Å². The molecular weight excluding hydrogens is 336 g/mol. The molecule has 1 saturated heterocycles. The van der Waals surface area contributed by atoms with Crippen LogP contribution in [-0.2, 0) is 5.75 Å². The molecule has 1 unspecified atom stereocenters. The van der Waals surface area contributed by atoms with Gasteiger partial charge in [-0.15, -0.1) is 0 Å². The third-order valence-electron chi connectivity index (χ3n) is 4.50. The number of nitrogen functional groups attached to an aromatic ring is 1. The topological polar surface area (TPSA) is 95.5 Å². The Morgan fingerprint density at radius 3 is 2.88 bits per heavy atom. The number of aliphatic hydroxyl groups excluding tert-OH is 1. The van der Waals surface area contributed by atoms with Crippen molar-refractivity contribution < 1.29 is 10.2 Å². The van der Waals surface area contributed by atoms with E-state index in [0.717, 1.165) is 18.7 Å². The van der Waals surface area contributed by atoms with Crippen LogP contribution < -0.4 is 10.6 Å². The van der Waals surface area contributed by atoms with Gasteiger partial charge in [0, 0.05) is 18.4 Å². The first-order valence-electron chi connectivity index (χ1n) is 8.39. The van der Waals surface area contributed by atoms with Gasteiger partial charge < -0.3 is 20.8 Å². The zero-order valence-electron chi connectivity index (χ0n) is 14.4. The Morgan fingerprint density at radius 1 is 1.32 bits per heavy atom. The molecule has 1 fully saturated rings. The molecule has 0 aliphatic carbocycles. The number of hydrogen-bond acceptors (Lipinski definition) is 7. The lowest BCUT2D eigenvalue weighted by atomic mass is 9.94. The lowest BCUT2D eigenvalue weighted by molar-refractivity contribution is -0.0242. The summed E-state index contributed by atoms with van der Waals surface area (Å²) in [5.74, 6) is 1.89. The van der Waals surface area contributed by atoms with E-state index in [2.05, 4.69) is 29.0 Å². The summed E-state index contributed by atoms with van der Waals surface area (Å²) in [5.41, 5.74) is 7.37. The lowest BCUT2D eigenvalue weighted by Crippen LogP contribution is -2.50. The van der Waals surface area contributed by atoms with Crippen molar-refractivity contribution in [1.29, 1.82) is 0 Å². The molecule has 0 saturated carbocycles. The maximum atomic E-state index is 10.4. The summed E-state index contributed by atoms with van der Waals surface area (Å²) in [6.07, 6.45) is 1.39. The van der Waals surface area contributed by atoms with Gasteiger partial charge in [-0.3, -0.25) is 0 Å². The monoisotopic (exact) mass is 360 g/mol. The summed E-state index contributed by atoms with van der Waals surface area (Å²) in [4.78, 5) is 10.9. The number of aliphatic hydroxyl groups is 2. The normalized spacial score (nSPS) is 20.7. The minimum atomic E-state index is -1.08. The second-order valence-electron chi connectivity index (χ2n) is 6.56. The van der Waals surface area contributed by atoms with Crippen molar-refractivity contribution in [3.63, 3.8) is 0 Å². The van der Waals surface area contributed by atoms with Crippen LogP contribution in [0.3, 0.4) is 0 Å². The SMILES string of the molecule is Cc1ccccc1CSc1nc(N)cc(N2CCCC(O)(CO)C2)n1. The van der Waals surface area contributed by atoms with E-state index < -0.39 is 5.60 Å². The molecule has 134 valence electrons. The molecule has 25 heavy (non-hydrogen) atoms. The summed E-state index contributed by atoms with van der Waals surface area (Å²) in [6, 6.07) is 9.96. The number of piperidine rings is 1. The van der Waals surface area contributed by atoms with Gasteiger partial charge in [0.25, 0.3) is 0 Å². The fourth-order valence-corrected chi connectivity index (χ4v) is 3.94. The molecule has 0 radical (unpaired) electrons. The van der Waals surface area contributed by atoms with Crippen LogP contribution in [0.5, 0.6) is 0 Å². The van der Waals surface area contributed by atoms with E-state index in [0.29, 0.717) is 29.8 Å². The Bertz CT molecular complexity index is 743. The number of aryl methyl sites for hydroxylation is 1. The second-order valence-corrected chi connectivity index (χ2v) is 7.50. The highest BCUT2D eigenvalue weighted by atomic mass is 32.2. The Labute approximate surface area is 152 Å². The molecule has 1 aromatic heterocycles. The van der Waals surface area contributed by atoms with E-state index in [4.69, 9.17) is 5.73 Å². The molecule has 6 nitrogen and oxygen atoms in total. The molecule has 1 aliphatic heterocycles. The Morgan fingerprint density at radius 2 is 2.12 bits per heavy atom. The molecule has 1 aliphatic rings. The minimum Gasteiger partial charge on any atom is -0.393 e. The van der Waals surface area contributed by atoms with E-state index in [-0.39, 0.29) is 6.61 Å². The van der Waals surface area contributed by atoms with Crippen molar-refractivity contribution in [2.24, 2.45) is 0 Å². The molecule has 1 aromatic carbocycles. The maximum Gasteiger partial charge on any atom is 0.191 e. The molecule has 3 rings (SSSR count). The van der Waals surface area contributed by atoms with Gasteiger partial charge in [0.1, 0.15) is 17.2 Å². The fourth-order valence-electron chi connectivity index (χ4n) is 3.01. The van der Waals surface area contributed by atoms with Crippen LogP contribution in [0.4, 0.5) is 11.6 Å². The Kier molecular flexibility index (Phi) is 5.46. The molecule has 7 heteroatoms. The number of nitrogens with two attached hydrogens (primary N) is 1. The number of anilines is 2. The number of nitrogens with zero attached hydrogens (tertiary/aromatic N) is 3. The van der Waals surface area contributed by atoms with E-state index >= 15 is 0 Å². The van der Waals surface area contributed by atoms with Gasteiger partial charge in [0.15, 0.2) is 5.16 Å². The van der Waals surface area contributed by atoms with Crippen molar-refractivity contribution in [2.75, 3.05) is 30.3 Å². The maximum absolute atomic E-state index is 10.4. The highest BCUT2D eigenvalue weighted by Crippen LogP contribution is 2.28. The lowest BCUT2D eigenvalue weighted by Gasteiger charge is -2.38. The second kappa shape index (κ2) is 7.59. The first-order chi connectivity index (χ1) is 12.0. The number of aromatic nitrogens is 2. The standard InChI is InChI=1S/C18H24N4O2S/c1-13-5-2-3-6-14(13)10-25-17-20-15(19)9-16(21-17)22-8-4-7-18(24,11-22)12-23/h2-3,5-6,9,23-24H,4,7-8,10-12H2,1H3,(H2,19,20,21). The van der Waals surface area contributed by atoms with Crippen LogP contribution in [0.1, 0.15) is 24.0 Å². The molecule has 0 spiro atoms. The Balaban J connectivity index is 1.75. The number of thioether (sulfide) groups is 1. The van der Waals surface area contributed by atoms with E-state index in [1.54, 1.807) is 17.8 Å². The molecule has 0 bridgehead atoms. The summed E-state index contributed by atoms with van der Waals surface area (Å²) in [6.45, 7) is 2.96. The van der Waals surface area contributed by atoms with Crippen molar-refractivity contribution in [1.82, 2.24) is 9.97 Å². The van der Waals surface area contributed by atoms with Crippen LogP contribution >= 0.6 is 11.8 Å². The number of rotatable bonds is 5. The average molecular weight is 360 g/mol. The molecule has 0 amide bonds. The Hall–Kier alpha value is -1.83. The van der Waals surface area contributed by atoms with Gasteiger partial charge >= 0.3 is 0 Å². The van der Waals surface area contributed by atoms with E-state index in [1.807, 2.05) is 17.0 Å². The third kappa shape index (κ3) is 4.42. The fraction of sp³-hybridized carbons (Fsp3) is 0.444. The highest BCUT2D eigenvalue weighted by Gasteiger charge is 2.33. The van der Waals surface area contributed by atoms with Gasteiger partial charge in [-0.2, -0.15) is 0 Å². The molecule has 4 N–H and O–H groups in total. The highest BCUT2D eigenvalue weighted by molar-refractivity contribution is 7.98. The van der Waals surface area contributed by atoms with Crippen molar-refractivity contribution in [2.45, 2.75) is 36.3 Å². The smallest absolute Gasteiger partial charge is 0.191 e. The van der Waals surface area contributed by atoms with Gasteiger partial charge in [-0.25, -0.2) is 9.97 Å². The predicted octanol–water partition coefficient (Wildman–Crippen LogP) is 1.98. The number of hydrogen-bond donors (Lipinski definition) is 3. The minimum absolute atomic E-state index is 0.251. The van der Waals surface area contributed by atoms with E-state index in [1.165, 1.54) is 11.1 Å². The number of benzene rings is 1. The van der Waals surface area contributed by atoms with Crippen molar-refractivity contribution >= 4 is 23.4 Å². The molecule has 2 aromatic rings. The zero-order chi connectivity index (χ0) is 17.9. The summed E-state index contributed by atoms with van der Waals surface area (Å²) in [7, 11) is 0. The first-order valence-corrected chi connectivity index (χ1v) is 9.38. The van der Waals surface area contributed by atoms with Crippen LogP contribution in [0, 0.1) is 6.92 Å². The van der Waals surface area contributed by atoms with Crippen LogP contribution in [0.25, 0.3) is 0 Å². The average Bonchev–Trinajstić information content (AvgIpc) is 2.61. The predicted molar refractivity (Wildman–Crippen MR) is 101 cm³/mol. The first kappa shape index (κ1) is 18.0. The van der Waals surface area contributed by atoms with Gasteiger partial charge in [0.2, 0.25) is 0 Å². The van der Waals surface area contributed by atoms with Crippen molar-refractivity contribution in [3.8, 4) is 0 Å². The molecular formula is C18H24N4O2S. The van der Waals surface area contributed by atoms with E-state index in [9.17, 15) is 10.2 Å². The van der Waals surface area contributed by atoms with Crippen LogP contribution in [-0.4, -0.2) is 45.5 Å². The number of β-amino-alcohol motifs (C(OH)–C–C–N with tert-alkyl or cyclic N) is 1. The molecule has 1 atom stereocenters. The van der Waals surface area contributed by atoms with Crippen molar-refractivity contribution in [3.05, 3.63) is 41.5 Å². The zero-order valence-corrected chi connectivity index (χ0v) is 15.2.